The van der Waals surface area contributed by atoms with Crippen LogP contribution in [0.25, 0.3) is 0 Å². The number of hydrogen-bond donors (Lipinski definition) is 1. The first-order chi connectivity index (χ1) is 7.76. The van der Waals surface area contributed by atoms with E-state index in [1.807, 2.05) is 0 Å². The van der Waals surface area contributed by atoms with Gasteiger partial charge in [0.25, 0.3) is 6.43 Å². The molecule has 3 nitrogen and oxygen atoms in total. The number of aromatic nitrogens is 1. The molecule has 1 rings (SSSR count). The lowest BCUT2D eigenvalue weighted by Crippen LogP contribution is -2.20. The molecule has 0 amide bonds. The topological polar surface area (TPSA) is 42.4 Å². The van der Waals surface area contributed by atoms with Gasteiger partial charge in [-0.2, -0.15) is 0 Å². The first kappa shape index (κ1) is 14.4. The maximum atomic E-state index is 12.4. The molecular formula is C8H5F5INO2. The van der Waals surface area contributed by atoms with E-state index in [0.29, 0.717) is 6.20 Å². The predicted octanol–water partition coefficient (Wildman–Crippen LogP) is 3.01. The Balaban J connectivity index is 3.28. The monoisotopic (exact) mass is 369 g/mol. The number of pyridine rings is 1. The van der Waals surface area contributed by atoms with E-state index in [4.69, 9.17) is 5.11 Å². The number of aliphatic hydroxyl groups excluding tert-OH is 1. The van der Waals surface area contributed by atoms with E-state index in [2.05, 4.69) is 9.72 Å². The molecule has 1 heterocycles. The molecule has 0 saturated carbocycles. The molecule has 0 aromatic carbocycles. The lowest BCUT2D eigenvalue weighted by atomic mass is 10.2. The van der Waals surface area contributed by atoms with Crippen LogP contribution in [0.5, 0.6) is 5.75 Å². The molecule has 0 unspecified atom stereocenters. The van der Waals surface area contributed by atoms with Gasteiger partial charge < -0.3 is 9.84 Å². The van der Waals surface area contributed by atoms with Crippen molar-refractivity contribution in [2.75, 3.05) is 0 Å². The van der Waals surface area contributed by atoms with Crippen molar-refractivity contribution in [3.8, 4) is 5.75 Å². The van der Waals surface area contributed by atoms with Crippen molar-refractivity contribution < 1.29 is 31.8 Å². The lowest BCUT2D eigenvalue weighted by molar-refractivity contribution is -0.275. The number of rotatable bonds is 3. The molecule has 96 valence electrons. The first-order valence-electron chi connectivity index (χ1n) is 4.08. The zero-order chi connectivity index (χ0) is 13.2. The van der Waals surface area contributed by atoms with Crippen LogP contribution in [0.2, 0.25) is 0 Å². The second kappa shape index (κ2) is 5.29. The van der Waals surface area contributed by atoms with Crippen LogP contribution < -0.4 is 4.74 Å². The summed E-state index contributed by atoms with van der Waals surface area (Å²) in [5, 5.41) is 8.77. The van der Waals surface area contributed by atoms with E-state index in [1.165, 1.54) is 22.6 Å². The maximum absolute atomic E-state index is 12.4. The van der Waals surface area contributed by atoms with Crippen LogP contribution in [0.4, 0.5) is 22.0 Å². The summed E-state index contributed by atoms with van der Waals surface area (Å²) < 4.78 is 64.2. The molecule has 0 aliphatic heterocycles. The molecule has 0 radical (unpaired) electrons. The summed E-state index contributed by atoms with van der Waals surface area (Å²) in [6.07, 6.45) is -7.30. The van der Waals surface area contributed by atoms with Gasteiger partial charge in [-0.15, -0.1) is 13.2 Å². The smallest absolute Gasteiger partial charge is 0.403 e. The fourth-order valence-electron chi connectivity index (χ4n) is 1.00. The number of halogens is 6. The molecule has 17 heavy (non-hydrogen) atoms. The Morgan fingerprint density at radius 3 is 2.41 bits per heavy atom. The van der Waals surface area contributed by atoms with Crippen molar-refractivity contribution >= 4 is 22.6 Å². The van der Waals surface area contributed by atoms with Gasteiger partial charge in [0.05, 0.1) is 15.7 Å². The van der Waals surface area contributed by atoms with Crippen molar-refractivity contribution in [3.63, 3.8) is 0 Å². The molecule has 0 atom stereocenters. The van der Waals surface area contributed by atoms with Gasteiger partial charge in [0.1, 0.15) is 5.69 Å². The van der Waals surface area contributed by atoms with E-state index >= 15 is 0 Å². The van der Waals surface area contributed by atoms with E-state index < -0.39 is 40.0 Å². The number of hydrogen-bond acceptors (Lipinski definition) is 3. The normalized spacial score (nSPS) is 12.0. The van der Waals surface area contributed by atoms with Crippen molar-refractivity contribution in [2.24, 2.45) is 0 Å². The Hall–Kier alpha value is -0.710. The molecule has 0 fully saturated rings. The van der Waals surface area contributed by atoms with Gasteiger partial charge in [-0.1, -0.05) is 0 Å². The minimum absolute atomic E-state index is 0.422. The van der Waals surface area contributed by atoms with Gasteiger partial charge >= 0.3 is 6.36 Å². The van der Waals surface area contributed by atoms with E-state index in [0.717, 1.165) is 0 Å². The van der Waals surface area contributed by atoms with Gasteiger partial charge in [0, 0.05) is 6.20 Å². The standard InChI is InChI=1S/C8H5F5INO2/c9-7(10)3-1-15-4(2-16)6(5(3)14)17-8(11,12)13/h1,7,16H,2H2. The fraction of sp³-hybridized carbons (Fsp3) is 0.375. The van der Waals surface area contributed by atoms with Crippen LogP contribution in [0.15, 0.2) is 6.20 Å². The highest BCUT2D eigenvalue weighted by Crippen LogP contribution is 2.35. The van der Waals surface area contributed by atoms with Crippen molar-refractivity contribution in [1.29, 1.82) is 0 Å². The Labute approximate surface area is 106 Å². The average Bonchev–Trinajstić information content (AvgIpc) is 2.18. The second-order valence-electron chi connectivity index (χ2n) is 2.81. The molecule has 9 heteroatoms. The Kier molecular flexibility index (Phi) is 4.47. The van der Waals surface area contributed by atoms with Gasteiger partial charge in [0.15, 0.2) is 5.75 Å². The third-order valence-electron chi connectivity index (χ3n) is 1.68. The van der Waals surface area contributed by atoms with Crippen molar-refractivity contribution in [1.82, 2.24) is 4.98 Å². The molecule has 0 aliphatic carbocycles. The number of ether oxygens (including phenoxy) is 1. The van der Waals surface area contributed by atoms with Crippen LogP contribution in [0, 0.1) is 3.57 Å². The van der Waals surface area contributed by atoms with Gasteiger partial charge in [0.2, 0.25) is 0 Å². The predicted molar refractivity (Wildman–Crippen MR) is 54.5 cm³/mol. The van der Waals surface area contributed by atoms with Crippen molar-refractivity contribution in [3.05, 3.63) is 21.0 Å². The van der Waals surface area contributed by atoms with E-state index in [1.54, 1.807) is 0 Å². The van der Waals surface area contributed by atoms with E-state index in [9.17, 15) is 22.0 Å². The minimum atomic E-state index is -5.04. The summed E-state index contributed by atoms with van der Waals surface area (Å²) in [6, 6.07) is 0. The van der Waals surface area contributed by atoms with Crippen LogP contribution in [0.3, 0.4) is 0 Å². The lowest BCUT2D eigenvalue weighted by Gasteiger charge is -2.15. The van der Waals surface area contributed by atoms with Crippen LogP contribution in [0.1, 0.15) is 17.7 Å². The number of alkyl halides is 5. The largest absolute Gasteiger partial charge is 0.573 e. The molecule has 1 aromatic rings. The summed E-state index contributed by atoms with van der Waals surface area (Å²) in [7, 11) is 0. The number of nitrogens with zero attached hydrogens (tertiary/aromatic N) is 1. The molecule has 1 aromatic heterocycles. The third-order valence-corrected chi connectivity index (χ3v) is 2.79. The van der Waals surface area contributed by atoms with Crippen LogP contribution in [-0.4, -0.2) is 16.5 Å². The molecule has 1 N–H and O–H groups in total. The molecule has 0 spiro atoms. The Morgan fingerprint density at radius 1 is 1.41 bits per heavy atom. The Morgan fingerprint density at radius 2 is 2.00 bits per heavy atom. The first-order valence-corrected chi connectivity index (χ1v) is 5.16. The van der Waals surface area contributed by atoms with Crippen LogP contribution >= 0.6 is 22.6 Å². The second-order valence-corrected chi connectivity index (χ2v) is 3.89. The molecule has 0 aliphatic rings. The Bertz CT molecular complexity index is 410. The highest BCUT2D eigenvalue weighted by Gasteiger charge is 2.34. The zero-order valence-corrected chi connectivity index (χ0v) is 10.1. The minimum Gasteiger partial charge on any atom is -0.403 e. The zero-order valence-electron chi connectivity index (χ0n) is 7.93. The number of aliphatic hydroxyl groups is 1. The van der Waals surface area contributed by atoms with Crippen LogP contribution in [-0.2, 0) is 6.61 Å². The highest BCUT2D eigenvalue weighted by molar-refractivity contribution is 14.1. The van der Waals surface area contributed by atoms with Crippen molar-refractivity contribution in [2.45, 2.75) is 19.4 Å². The van der Waals surface area contributed by atoms with Gasteiger partial charge in [-0.3, -0.25) is 4.98 Å². The van der Waals surface area contributed by atoms with Gasteiger partial charge in [-0.25, -0.2) is 8.78 Å². The molecular weight excluding hydrogens is 364 g/mol. The quantitative estimate of drug-likeness (QED) is 0.658. The third kappa shape index (κ3) is 3.63. The fourth-order valence-corrected chi connectivity index (χ4v) is 1.80. The van der Waals surface area contributed by atoms with Gasteiger partial charge in [-0.05, 0) is 22.6 Å². The highest BCUT2D eigenvalue weighted by atomic mass is 127. The summed E-state index contributed by atoms with van der Waals surface area (Å²) in [5.41, 5.74) is -1.13. The van der Waals surface area contributed by atoms with E-state index in [-0.39, 0.29) is 0 Å². The molecule has 0 bridgehead atoms. The summed E-state index contributed by atoms with van der Waals surface area (Å²) >= 11 is 1.29. The summed E-state index contributed by atoms with van der Waals surface area (Å²) in [5.74, 6) is -0.890. The summed E-state index contributed by atoms with van der Waals surface area (Å²) in [6.45, 7) is -0.842. The summed E-state index contributed by atoms with van der Waals surface area (Å²) in [4.78, 5) is 3.30. The SMILES string of the molecule is OCc1ncc(C(F)F)c(I)c1OC(F)(F)F. The maximum Gasteiger partial charge on any atom is 0.573 e. The average molecular weight is 369 g/mol. The molecule has 0 saturated heterocycles.